The molecule has 0 amide bonds. The van der Waals surface area contributed by atoms with Crippen LogP contribution in [-0.4, -0.2) is 30.6 Å². The van der Waals surface area contributed by atoms with Crippen molar-refractivity contribution in [3.05, 3.63) is 24.2 Å². The van der Waals surface area contributed by atoms with Crippen LogP contribution >= 0.6 is 0 Å². The minimum absolute atomic E-state index is 0.637. The lowest BCUT2D eigenvalue weighted by molar-refractivity contribution is 0.217. The Morgan fingerprint density at radius 1 is 1.28 bits per heavy atom. The normalized spacial score (nSPS) is 11.6. The molecule has 1 aromatic rings. The summed E-state index contributed by atoms with van der Waals surface area (Å²) in [5.41, 5.74) is 1.22. The van der Waals surface area contributed by atoms with Gasteiger partial charge in [0, 0.05) is 31.2 Å². The lowest BCUT2D eigenvalue weighted by atomic mass is 10.2. The zero-order chi connectivity index (χ0) is 13.2. The molecule has 0 unspecified atom stereocenters. The summed E-state index contributed by atoms with van der Waals surface area (Å²) in [5.74, 6) is 0. The summed E-state index contributed by atoms with van der Waals surface area (Å²) >= 11 is 0. The molecule has 0 aliphatic rings. The van der Waals surface area contributed by atoms with Gasteiger partial charge in [-0.15, -0.1) is 0 Å². The fourth-order valence-electron chi connectivity index (χ4n) is 2.04. The standard InChI is InChI=1S/C15H28N2O/c1-4-5-6-9-17(14(2)3)10-8-16-12-15-7-11-18-13-15/h7,11,13-14,16H,4-6,8-10,12H2,1-3H3. The summed E-state index contributed by atoms with van der Waals surface area (Å²) < 4.78 is 5.05. The largest absolute Gasteiger partial charge is 0.472 e. The number of hydrogen-bond acceptors (Lipinski definition) is 3. The molecule has 0 fully saturated rings. The zero-order valence-corrected chi connectivity index (χ0v) is 12.1. The van der Waals surface area contributed by atoms with Crippen molar-refractivity contribution in [2.24, 2.45) is 0 Å². The fourth-order valence-corrected chi connectivity index (χ4v) is 2.04. The van der Waals surface area contributed by atoms with Crippen molar-refractivity contribution in [3.8, 4) is 0 Å². The molecule has 0 bridgehead atoms. The first-order valence-electron chi connectivity index (χ1n) is 7.20. The zero-order valence-electron chi connectivity index (χ0n) is 12.1. The molecule has 0 aliphatic heterocycles. The van der Waals surface area contributed by atoms with Gasteiger partial charge in [0.1, 0.15) is 0 Å². The molecule has 1 heterocycles. The van der Waals surface area contributed by atoms with Crippen molar-refractivity contribution in [1.29, 1.82) is 0 Å². The van der Waals surface area contributed by atoms with Crippen LogP contribution in [0.1, 0.15) is 45.6 Å². The monoisotopic (exact) mass is 252 g/mol. The average Bonchev–Trinajstić information content (AvgIpc) is 2.85. The number of nitrogens with zero attached hydrogens (tertiary/aromatic N) is 1. The molecule has 0 saturated heterocycles. The molecule has 0 saturated carbocycles. The Balaban J connectivity index is 2.12. The molecule has 0 spiro atoms. The number of nitrogens with one attached hydrogen (secondary N) is 1. The summed E-state index contributed by atoms with van der Waals surface area (Å²) in [6.45, 7) is 11.1. The van der Waals surface area contributed by atoms with Crippen molar-refractivity contribution < 1.29 is 4.42 Å². The van der Waals surface area contributed by atoms with Crippen molar-refractivity contribution in [3.63, 3.8) is 0 Å². The van der Waals surface area contributed by atoms with E-state index in [9.17, 15) is 0 Å². The van der Waals surface area contributed by atoms with E-state index in [1.165, 1.54) is 31.4 Å². The molecular weight excluding hydrogens is 224 g/mol. The Hall–Kier alpha value is -0.800. The van der Waals surface area contributed by atoms with Crippen molar-refractivity contribution in [2.45, 2.75) is 52.6 Å². The number of furan rings is 1. The quantitative estimate of drug-likeness (QED) is 0.648. The van der Waals surface area contributed by atoms with Crippen molar-refractivity contribution in [1.82, 2.24) is 10.2 Å². The van der Waals surface area contributed by atoms with Crippen LogP contribution in [0.5, 0.6) is 0 Å². The first-order valence-corrected chi connectivity index (χ1v) is 7.20. The summed E-state index contributed by atoms with van der Waals surface area (Å²) in [7, 11) is 0. The fraction of sp³-hybridized carbons (Fsp3) is 0.733. The van der Waals surface area contributed by atoms with Crippen LogP contribution in [-0.2, 0) is 6.54 Å². The van der Waals surface area contributed by atoms with Gasteiger partial charge >= 0.3 is 0 Å². The van der Waals surface area contributed by atoms with Crippen LogP contribution in [0.15, 0.2) is 23.0 Å². The molecule has 0 aliphatic carbocycles. The van der Waals surface area contributed by atoms with E-state index in [2.05, 4.69) is 31.0 Å². The van der Waals surface area contributed by atoms with Gasteiger partial charge in [0.25, 0.3) is 0 Å². The van der Waals surface area contributed by atoms with Crippen LogP contribution in [0.2, 0.25) is 0 Å². The van der Waals surface area contributed by atoms with Gasteiger partial charge in [-0.2, -0.15) is 0 Å². The minimum Gasteiger partial charge on any atom is -0.472 e. The second kappa shape index (κ2) is 9.17. The van der Waals surface area contributed by atoms with E-state index in [0.717, 1.165) is 19.6 Å². The molecule has 0 aromatic carbocycles. The second-order valence-corrected chi connectivity index (χ2v) is 5.15. The van der Waals surface area contributed by atoms with Gasteiger partial charge < -0.3 is 9.73 Å². The third-order valence-electron chi connectivity index (χ3n) is 3.26. The van der Waals surface area contributed by atoms with Crippen LogP contribution < -0.4 is 5.32 Å². The van der Waals surface area contributed by atoms with E-state index in [1.807, 2.05) is 6.07 Å². The highest BCUT2D eigenvalue weighted by Gasteiger charge is 2.07. The highest BCUT2D eigenvalue weighted by molar-refractivity contribution is 5.04. The average molecular weight is 252 g/mol. The first kappa shape index (κ1) is 15.3. The van der Waals surface area contributed by atoms with Crippen LogP contribution in [0.3, 0.4) is 0 Å². The van der Waals surface area contributed by atoms with Crippen LogP contribution in [0, 0.1) is 0 Å². The number of unbranched alkanes of at least 4 members (excludes halogenated alkanes) is 2. The smallest absolute Gasteiger partial charge is 0.0947 e. The van der Waals surface area contributed by atoms with Gasteiger partial charge in [-0.25, -0.2) is 0 Å². The number of rotatable bonds is 10. The predicted molar refractivity (Wildman–Crippen MR) is 76.6 cm³/mol. The molecule has 3 nitrogen and oxygen atoms in total. The van der Waals surface area contributed by atoms with Crippen molar-refractivity contribution in [2.75, 3.05) is 19.6 Å². The predicted octanol–water partition coefficient (Wildman–Crippen LogP) is 3.27. The van der Waals surface area contributed by atoms with E-state index in [-0.39, 0.29) is 0 Å². The van der Waals surface area contributed by atoms with Crippen molar-refractivity contribution >= 4 is 0 Å². The van der Waals surface area contributed by atoms with E-state index in [4.69, 9.17) is 4.42 Å². The molecule has 0 atom stereocenters. The molecule has 1 aromatic heterocycles. The topological polar surface area (TPSA) is 28.4 Å². The highest BCUT2D eigenvalue weighted by Crippen LogP contribution is 2.03. The van der Waals surface area contributed by atoms with Gasteiger partial charge in [0.2, 0.25) is 0 Å². The summed E-state index contributed by atoms with van der Waals surface area (Å²) in [6.07, 6.45) is 7.48. The molecule has 3 heteroatoms. The Kier molecular flexibility index (Phi) is 7.78. The first-order chi connectivity index (χ1) is 8.74. The van der Waals surface area contributed by atoms with Crippen LogP contribution in [0.25, 0.3) is 0 Å². The van der Waals surface area contributed by atoms with E-state index in [0.29, 0.717) is 6.04 Å². The number of hydrogen-bond donors (Lipinski definition) is 1. The Morgan fingerprint density at radius 3 is 2.72 bits per heavy atom. The molecule has 104 valence electrons. The van der Waals surface area contributed by atoms with Gasteiger partial charge in [-0.05, 0) is 32.9 Å². The Bertz CT molecular complexity index is 283. The van der Waals surface area contributed by atoms with E-state index in [1.54, 1.807) is 12.5 Å². The molecular formula is C15H28N2O. The molecule has 1 N–H and O–H groups in total. The summed E-state index contributed by atoms with van der Waals surface area (Å²) in [6, 6.07) is 2.65. The maximum atomic E-state index is 5.05. The maximum Gasteiger partial charge on any atom is 0.0947 e. The lowest BCUT2D eigenvalue weighted by Crippen LogP contribution is -2.37. The Labute approximate surface area is 112 Å². The maximum absolute atomic E-state index is 5.05. The molecule has 0 radical (unpaired) electrons. The van der Waals surface area contributed by atoms with E-state index < -0.39 is 0 Å². The van der Waals surface area contributed by atoms with Gasteiger partial charge in [0.15, 0.2) is 0 Å². The van der Waals surface area contributed by atoms with Gasteiger partial charge in [0.05, 0.1) is 12.5 Å². The molecule has 1 rings (SSSR count). The SMILES string of the molecule is CCCCCN(CCNCc1ccoc1)C(C)C. The van der Waals surface area contributed by atoms with Gasteiger partial charge in [-0.3, -0.25) is 4.90 Å². The summed E-state index contributed by atoms with van der Waals surface area (Å²) in [4.78, 5) is 2.55. The lowest BCUT2D eigenvalue weighted by Gasteiger charge is -2.26. The third kappa shape index (κ3) is 6.22. The third-order valence-corrected chi connectivity index (χ3v) is 3.26. The minimum atomic E-state index is 0.637. The highest BCUT2D eigenvalue weighted by atomic mass is 16.3. The molecule has 18 heavy (non-hydrogen) atoms. The Morgan fingerprint density at radius 2 is 2.11 bits per heavy atom. The summed E-state index contributed by atoms with van der Waals surface area (Å²) in [5, 5.41) is 3.46. The second-order valence-electron chi connectivity index (χ2n) is 5.15. The van der Waals surface area contributed by atoms with Gasteiger partial charge in [-0.1, -0.05) is 19.8 Å². The van der Waals surface area contributed by atoms with E-state index >= 15 is 0 Å². The van der Waals surface area contributed by atoms with Crippen LogP contribution in [0.4, 0.5) is 0 Å².